The molecule has 2 aromatic carbocycles. The molecule has 5 nitrogen and oxygen atoms in total. The van der Waals surface area contributed by atoms with Crippen molar-refractivity contribution in [1.82, 2.24) is 9.97 Å². The summed E-state index contributed by atoms with van der Waals surface area (Å²) in [6.07, 6.45) is 1.80. The van der Waals surface area contributed by atoms with Gasteiger partial charge in [0.25, 0.3) is 0 Å². The quantitative estimate of drug-likeness (QED) is 0.351. The largest absolute Gasteiger partial charge is 0.426 e. The number of pyridine rings is 1. The van der Waals surface area contributed by atoms with Crippen molar-refractivity contribution in [2.45, 2.75) is 6.42 Å². The molecule has 144 valence electrons. The summed E-state index contributed by atoms with van der Waals surface area (Å²) in [5, 5.41) is 5.85. The van der Waals surface area contributed by atoms with Crippen LogP contribution in [0.5, 0.6) is 5.75 Å². The number of nitrogens with one attached hydrogen (secondary N) is 1. The number of carbonyl (C=O) groups is 1. The van der Waals surface area contributed by atoms with Crippen LogP contribution in [0.25, 0.3) is 11.4 Å². The van der Waals surface area contributed by atoms with Crippen LogP contribution in [0.1, 0.15) is 5.56 Å². The summed E-state index contributed by atoms with van der Waals surface area (Å²) in [6, 6.07) is 18.5. The summed E-state index contributed by atoms with van der Waals surface area (Å²) in [6.45, 7) is 0. The molecule has 0 amide bonds. The minimum atomic E-state index is -0.416. The Morgan fingerprint density at radius 1 is 1.03 bits per heavy atom. The van der Waals surface area contributed by atoms with Crippen molar-refractivity contribution in [3.8, 4) is 17.1 Å². The number of ether oxygens (including phenoxy) is 1. The Morgan fingerprint density at radius 2 is 1.90 bits per heavy atom. The fourth-order valence-electron chi connectivity index (χ4n) is 2.66. The summed E-state index contributed by atoms with van der Waals surface area (Å²) in [4.78, 5) is 21.0. The summed E-state index contributed by atoms with van der Waals surface area (Å²) >= 11 is 1.46. The van der Waals surface area contributed by atoms with Gasteiger partial charge in [-0.3, -0.25) is 9.78 Å². The zero-order valence-electron chi connectivity index (χ0n) is 15.2. The van der Waals surface area contributed by atoms with E-state index in [2.05, 4.69) is 15.3 Å². The van der Waals surface area contributed by atoms with E-state index < -0.39 is 5.97 Å². The minimum Gasteiger partial charge on any atom is -0.426 e. The first-order valence-corrected chi connectivity index (χ1v) is 9.73. The molecule has 4 rings (SSSR count). The lowest BCUT2D eigenvalue weighted by molar-refractivity contribution is -0.133. The molecule has 0 saturated carbocycles. The molecule has 0 aliphatic rings. The van der Waals surface area contributed by atoms with Crippen molar-refractivity contribution in [1.29, 1.82) is 0 Å². The lowest BCUT2D eigenvalue weighted by Gasteiger charge is -2.07. The summed E-state index contributed by atoms with van der Waals surface area (Å²) in [7, 11) is 0. The zero-order chi connectivity index (χ0) is 20.1. The van der Waals surface area contributed by atoms with Gasteiger partial charge < -0.3 is 10.1 Å². The van der Waals surface area contributed by atoms with Crippen molar-refractivity contribution < 1.29 is 13.9 Å². The standard InChI is InChI=1S/C22H16FN3O2S/c23-16-9-7-15(8-10-16)12-21(27)28-18-5-3-4-17(13-18)25-22-26-20(14-29-22)19-6-1-2-11-24-19/h1-11,13-14H,12H2,(H,25,26). The number of halogens is 1. The van der Waals surface area contributed by atoms with Crippen molar-refractivity contribution >= 4 is 28.1 Å². The Hall–Kier alpha value is -3.58. The average Bonchev–Trinajstić information content (AvgIpc) is 3.19. The molecular weight excluding hydrogens is 389 g/mol. The Bertz CT molecular complexity index is 1110. The highest BCUT2D eigenvalue weighted by Gasteiger charge is 2.09. The van der Waals surface area contributed by atoms with E-state index >= 15 is 0 Å². The van der Waals surface area contributed by atoms with Gasteiger partial charge in [-0.25, -0.2) is 9.37 Å². The Kier molecular flexibility index (Phi) is 5.58. The summed E-state index contributed by atoms with van der Waals surface area (Å²) in [5.41, 5.74) is 3.04. The third kappa shape index (κ3) is 5.03. The van der Waals surface area contributed by atoms with Crippen LogP contribution < -0.4 is 10.1 Å². The summed E-state index contributed by atoms with van der Waals surface area (Å²) in [5.74, 6) is -0.335. The Morgan fingerprint density at radius 3 is 2.69 bits per heavy atom. The predicted molar refractivity (Wildman–Crippen MR) is 111 cm³/mol. The molecule has 0 aliphatic carbocycles. The van der Waals surface area contributed by atoms with Crippen molar-refractivity contribution in [2.24, 2.45) is 0 Å². The number of rotatable bonds is 6. The van der Waals surface area contributed by atoms with Crippen LogP contribution in [-0.2, 0) is 11.2 Å². The molecule has 0 radical (unpaired) electrons. The molecule has 0 atom stereocenters. The van der Waals surface area contributed by atoms with Gasteiger partial charge in [-0.15, -0.1) is 11.3 Å². The number of hydrogen-bond donors (Lipinski definition) is 1. The second-order valence-electron chi connectivity index (χ2n) is 6.18. The van der Waals surface area contributed by atoms with Crippen molar-refractivity contribution in [3.05, 3.63) is 89.7 Å². The van der Waals surface area contributed by atoms with Crippen LogP contribution in [0.4, 0.5) is 15.2 Å². The number of carbonyl (C=O) groups excluding carboxylic acids is 1. The van der Waals surface area contributed by atoms with E-state index in [9.17, 15) is 9.18 Å². The molecule has 4 aromatic rings. The normalized spacial score (nSPS) is 10.5. The second kappa shape index (κ2) is 8.62. The number of esters is 1. The van der Waals surface area contributed by atoms with Crippen LogP contribution >= 0.6 is 11.3 Å². The van der Waals surface area contributed by atoms with E-state index in [-0.39, 0.29) is 12.2 Å². The van der Waals surface area contributed by atoms with Gasteiger partial charge in [0.2, 0.25) is 0 Å². The maximum Gasteiger partial charge on any atom is 0.315 e. The first-order chi connectivity index (χ1) is 14.2. The van der Waals surface area contributed by atoms with E-state index in [1.807, 2.05) is 29.6 Å². The molecule has 7 heteroatoms. The highest BCUT2D eigenvalue weighted by atomic mass is 32.1. The molecule has 2 aromatic heterocycles. The highest BCUT2D eigenvalue weighted by Crippen LogP contribution is 2.27. The molecule has 0 spiro atoms. The SMILES string of the molecule is O=C(Cc1ccc(F)cc1)Oc1cccc(Nc2nc(-c3ccccn3)cs2)c1. The smallest absolute Gasteiger partial charge is 0.315 e. The van der Waals surface area contributed by atoms with Gasteiger partial charge in [0, 0.05) is 23.3 Å². The van der Waals surface area contributed by atoms with Crippen LogP contribution in [-0.4, -0.2) is 15.9 Å². The van der Waals surface area contributed by atoms with E-state index in [1.54, 1.807) is 36.5 Å². The Labute approximate surface area is 170 Å². The van der Waals surface area contributed by atoms with Crippen molar-refractivity contribution in [2.75, 3.05) is 5.32 Å². The third-order valence-electron chi connectivity index (χ3n) is 4.01. The van der Waals surface area contributed by atoms with Crippen LogP contribution in [0.15, 0.2) is 78.3 Å². The van der Waals surface area contributed by atoms with Crippen LogP contribution in [0, 0.1) is 5.82 Å². The van der Waals surface area contributed by atoms with E-state index in [1.165, 1.54) is 23.5 Å². The first-order valence-electron chi connectivity index (χ1n) is 8.85. The summed E-state index contributed by atoms with van der Waals surface area (Å²) < 4.78 is 18.4. The molecule has 0 saturated heterocycles. The van der Waals surface area contributed by atoms with Gasteiger partial charge in [0.05, 0.1) is 12.1 Å². The second-order valence-corrected chi connectivity index (χ2v) is 7.04. The first kappa shape index (κ1) is 18.8. The van der Waals surface area contributed by atoms with Crippen molar-refractivity contribution in [3.63, 3.8) is 0 Å². The maximum atomic E-state index is 13.0. The molecule has 2 heterocycles. The number of thiazole rings is 1. The lowest BCUT2D eigenvalue weighted by atomic mass is 10.1. The number of benzene rings is 2. The van der Waals surface area contributed by atoms with Gasteiger partial charge in [0.1, 0.15) is 17.3 Å². The fraction of sp³-hybridized carbons (Fsp3) is 0.0455. The van der Waals surface area contributed by atoms with Crippen LogP contribution in [0.2, 0.25) is 0 Å². The maximum absolute atomic E-state index is 13.0. The van der Waals surface area contributed by atoms with Gasteiger partial charge in [-0.1, -0.05) is 24.3 Å². The minimum absolute atomic E-state index is 0.0673. The predicted octanol–water partition coefficient (Wildman–Crippen LogP) is 5.24. The molecular formula is C22H16FN3O2S. The molecule has 0 unspecified atom stereocenters. The molecule has 0 bridgehead atoms. The van der Waals surface area contributed by atoms with E-state index in [0.29, 0.717) is 16.4 Å². The molecule has 29 heavy (non-hydrogen) atoms. The molecule has 0 aliphatic heterocycles. The van der Waals surface area contributed by atoms with Gasteiger partial charge >= 0.3 is 5.97 Å². The van der Waals surface area contributed by atoms with Gasteiger partial charge in [0.15, 0.2) is 5.13 Å². The number of aromatic nitrogens is 2. The van der Waals surface area contributed by atoms with Gasteiger partial charge in [-0.2, -0.15) is 0 Å². The zero-order valence-corrected chi connectivity index (χ0v) is 16.0. The van der Waals surface area contributed by atoms with Crippen LogP contribution in [0.3, 0.4) is 0 Å². The average molecular weight is 405 g/mol. The monoisotopic (exact) mass is 405 g/mol. The highest BCUT2D eigenvalue weighted by molar-refractivity contribution is 7.14. The van der Waals surface area contributed by atoms with E-state index in [4.69, 9.17) is 4.74 Å². The molecule has 1 N–H and O–H groups in total. The lowest BCUT2D eigenvalue weighted by Crippen LogP contribution is -2.11. The number of nitrogens with zero attached hydrogens (tertiary/aromatic N) is 2. The third-order valence-corrected chi connectivity index (χ3v) is 4.77. The van der Waals surface area contributed by atoms with Gasteiger partial charge in [-0.05, 0) is 42.0 Å². The number of hydrogen-bond acceptors (Lipinski definition) is 6. The van der Waals surface area contributed by atoms with E-state index in [0.717, 1.165) is 17.1 Å². The topological polar surface area (TPSA) is 64.1 Å². The molecule has 0 fully saturated rings. The Balaban J connectivity index is 1.40. The number of anilines is 2. The fourth-order valence-corrected chi connectivity index (χ4v) is 3.38.